The minimum atomic E-state index is -0.457. The molecule has 0 bridgehead atoms. The van der Waals surface area contributed by atoms with Gasteiger partial charge in [-0.15, -0.1) is 0 Å². The van der Waals surface area contributed by atoms with Crippen LogP contribution in [0.25, 0.3) is 0 Å². The maximum Gasteiger partial charge on any atom is 0.331 e. The van der Waals surface area contributed by atoms with Crippen molar-refractivity contribution < 1.29 is 19.1 Å². The highest BCUT2D eigenvalue weighted by molar-refractivity contribution is 5.79. The Kier molecular flexibility index (Phi) is 21.5. The summed E-state index contributed by atoms with van der Waals surface area (Å²) < 4.78 is 11.3. The molecule has 6 heteroatoms. The lowest BCUT2D eigenvalue weighted by Gasteiger charge is -2.16. The molecule has 0 aromatic heterocycles. The van der Waals surface area contributed by atoms with E-state index < -0.39 is 12.1 Å². The fourth-order valence-corrected chi connectivity index (χ4v) is 6.20. The van der Waals surface area contributed by atoms with E-state index in [2.05, 4.69) is 100 Å². The summed E-state index contributed by atoms with van der Waals surface area (Å²) in [4.78, 5) is 34.9. The van der Waals surface area contributed by atoms with Gasteiger partial charge < -0.3 is 9.47 Å². The number of benzene rings is 2. The van der Waals surface area contributed by atoms with Gasteiger partial charge in [-0.2, -0.15) is 0 Å². The second-order valence-electron chi connectivity index (χ2n) is 16.3. The van der Waals surface area contributed by atoms with Crippen LogP contribution in [0.4, 0.5) is 0 Å². The summed E-state index contributed by atoms with van der Waals surface area (Å²) in [5, 5.41) is 0. The topological polar surface area (TPSA) is 77.3 Å². The lowest BCUT2D eigenvalue weighted by Crippen LogP contribution is -2.27. The van der Waals surface area contributed by atoms with Gasteiger partial charge in [-0.25, -0.2) is 9.59 Å². The zero-order chi connectivity index (χ0) is 38.5. The van der Waals surface area contributed by atoms with Crippen molar-refractivity contribution in [3.8, 4) is 0 Å². The van der Waals surface area contributed by atoms with Gasteiger partial charge in [0, 0.05) is 12.4 Å². The van der Waals surface area contributed by atoms with Gasteiger partial charge in [0.15, 0.2) is 0 Å². The van der Waals surface area contributed by atoms with Crippen LogP contribution in [0.3, 0.4) is 0 Å². The summed E-state index contributed by atoms with van der Waals surface area (Å²) in [5.74, 6) is 1.29. The largest absolute Gasteiger partial charge is 0.464 e. The number of hydrogen-bond donors (Lipinski definition) is 0. The summed E-state index contributed by atoms with van der Waals surface area (Å²) in [6, 6.07) is 16.7. The number of carbonyl (C=O) groups is 2. The number of carbonyl (C=O) groups excluding carboxylic acids is 2. The Labute approximate surface area is 317 Å². The van der Waals surface area contributed by atoms with Gasteiger partial charge >= 0.3 is 11.9 Å². The summed E-state index contributed by atoms with van der Waals surface area (Å²) in [5.41, 5.74) is 5.27. The highest BCUT2D eigenvalue weighted by Gasteiger charge is 2.23. The lowest BCUT2D eigenvalue weighted by atomic mass is 9.97. The van der Waals surface area contributed by atoms with E-state index in [4.69, 9.17) is 9.47 Å². The zero-order valence-corrected chi connectivity index (χ0v) is 34.4. The summed E-state index contributed by atoms with van der Waals surface area (Å²) in [7, 11) is 0. The van der Waals surface area contributed by atoms with Crippen molar-refractivity contribution in [3.05, 3.63) is 70.8 Å². The predicted molar refractivity (Wildman–Crippen MR) is 220 cm³/mol. The number of esters is 2. The molecule has 52 heavy (non-hydrogen) atoms. The fraction of sp³-hybridized carbons (Fsp3) is 0.652. The van der Waals surface area contributed by atoms with Crippen molar-refractivity contribution >= 4 is 24.4 Å². The van der Waals surface area contributed by atoms with Gasteiger partial charge in [-0.3, -0.25) is 9.98 Å². The summed E-state index contributed by atoms with van der Waals surface area (Å²) in [6.45, 7) is 22.1. The highest BCUT2D eigenvalue weighted by atomic mass is 16.5. The molecule has 0 aliphatic carbocycles. The standard InChI is InChI=1S/C46H72N2O4/c1-33(2)41-23-19-39(20-24-41)29-37(9)31-47-43(35(5)6)45(49)51-27-17-15-13-11-12-14-16-18-28-52-46(50)44(36(7)8)48-32-38(10)30-40-21-25-42(26-22-40)34(3)4/h19-26,31-38,43-44H,11-18,27-30H2,1-10H3/b47-31+,48-32+. The monoisotopic (exact) mass is 717 g/mol. The number of unbranched alkanes of at least 4 members (excludes halogenated alkanes) is 7. The second kappa shape index (κ2) is 24.9. The van der Waals surface area contributed by atoms with Crippen LogP contribution in [0.1, 0.15) is 155 Å². The molecule has 6 nitrogen and oxygen atoms in total. The molecule has 0 saturated carbocycles. The van der Waals surface area contributed by atoms with Crippen molar-refractivity contribution in [1.29, 1.82) is 0 Å². The van der Waals surface area contributed by atoms with Crippen molar-refractivity contribution in [3.63, 3.8) is 0 Å². The molecule has 0 N–H and O–H groups in total. The average Bonchev–Trinajstić information content (AvgIpc) is 3.09. The van der Waals surface area contributed by atoms with Crippen LogP contribution in [0, 0.1) is 23.7 Å². The molecule has 4 atom stereocenters. The third-order valence-electron chi connectivity index (χ3n) is 9.68. The third-order valence-corrected chi connectivity index (χ3v) is 9.68. The van der Waals surface area contributed by atoms with Crippen molar-refractivity contribution in [1.82, 2.24) is 0 Å². The number of rotatable bonds is 25. The maximum atomic E-state index is 12.8. The molecule has 0 radical (unpaired) electrons. The van der Waals surface area contributed by atoms with Gasteiger partial charge in [0.2, 0.25) is 0 Å². The van der Waals surface area contributed by atoms with Gasteiger partial charge in [-0.1, -0.05) is 156 Å². The molecule has 4 unspecified atom stereocenters. The Morgan fingerprint density at radius 2 is 0.808 bits per heavy atom. The van der Waals surface area contributed by atoms with Crippen molar-refractivity contribution in [2.75, 3.05) is 13.2 Å². The Hall–Kier alpha value is -3.28. The Balaban J connectivity index is 1.56. The van der Waals surface area contributed by atoms with E-state index in [1.165, 1.54) is 22.3 Å². The molecule has 0 amide bonds. The second-order valence-corrected chi connectivity index (χ2v) is 16.3. The van der Waals surface area contributed by atoms with E-state index in [0.29, 0.717) is 25.0 Å². The molecule has 2 aromatic carbocycles. The number of ether oxygens (including phenoxy) is 2. The van der Waals surface area contributed by atoms with Crippen LogP contribution < -0.4 is 0 Å². The molecule has 0 aliphatic heterocycles. The minimum Gasteiger partial charge on any atom is -0.464 e. The number of nitrogens with zero attached hydrogens (tertiary/aromatic N) is 2. The van der Waals surface area contributed by atoms with E-state index in [-0.39, 0.29) is 35.6 Å². The Morgan fingerprint density at radius 3 is 1.10 bits per heavy atom. The van der Waals surface area contributed by atoms with E-state index in [1.807, 2.05) is 40.1 Å². The maximum absolute atomic E-state index is 12.8. The molecule has 0 fully saturated rings. The smallest absolute Gasteiger partial charge is 0.331 e. The first kappa shape index (κ1) is 44.9. The lowest BCUT2D eigenvalue weighted by molar-refractivity contribution is -0.147. The molecular weight excluding hydrogens is 645 g/mol. The first-order chi connectivity index (χ1) is 24.8. The molecule has 0 heterocycles. The predicted octanol–water partition coefficient (Wildman–Crippen LogP) is 11.4. The molecule has 2 rings (SSSR count). The first-order valence-electron chi connectivity index (χ1n) is 20.4. The SMILES string of the molecule is CC(/C=N/C(C(=O)OCCCCCCCCCCOC(=O)C(/N=C/C(C)Cc1ccc(C(C)C)cc1)C(C)C)C(C)C)Cc1ccc(C(C)C)cc1. The van der Waals surface area contributed by atoms with E-state index >= 15 is 0 Å². The summed E-state index contributed by atoms with van der Waals surface area (Å²) in [6.07, 6.45) is 14.1. The molecule has 2 aromatic rings. The van der Waals surface area contributed by atoms with Crippen LogP contribution in [-0.2, 0) is 31.9 Å². The van der Waals surface area contributed by atoms with Crippen LogP contribution in [0.5, 0.6) is 0 Å². The third kappa shape index (κ3) is 18.0. The molecule has 0 aliphatic rings. The molecule has 0 spiro atoms. The van der Waals surface area contributed by atoms with E-state index in [9.17, 15) is 9.59 Å². The van der Waals surface area contributed by atoms with Gasteiger partial charge in [0.05, 0.1) is 13.2 Å². The number of hydrogen-bond acceptors (Lipinski definition) is 6. The van der Waals surface area contributed by atoms with E-state index in [0.717, 1.165) is 64.2 Å². The minimum absolute atomic E-state index is 0.0903. The van der Waals surface area contributed by atoms with Crippen molar-refractivity contribution in [2.24, 2.45) is 33.7 Å². The number of aliphatic imine (C=N–C) groups is 2. The van der Waals surface area contributed by atoms with Gasteiger partial charge in [0.1, 0.15) is 12.1 Å². The highest BCUT2D eigenvalue weighted by Crippen LogP contribution is 2.19. The van der Waals surface area contributed by atoms with Crippen LogP contribution in [-0.4, -0.2) is 49.7 Å². The Morgan fingerprint density at radius 1 is 0.500 bits per heavy atom. The molecule has 290 valence electrons. The first-order valence-corrected chi connectivity index (χ1v) is 20.4. The fourth-order valence-electron chi connectivity index (χ4n) is 6.20. The van der Waals surface area contributed by atoms with Gasteiger partial charge in [0.25, 0.3) is 0 Å². The van der Waals surface area contributed by atoms with Crippen LogP contribution in [0.2, 0.25) is 0 Å². The molecule has 0 saturated heterocycles. The van der Waals surface area contributed by atoms with Crippen LogP contribution in [0.15, 0.2) is 58.5 Å². The van der Waals surface area contributed by atoms with E-state index in [1.54, 1.807) is 0 Å². The Bertz CT molecular complexity index is 1220. The average molecular weight is 717 g/mol. The molecular formula is C46H72N2O4. The quantitative estimate of drug-likeness (QED) is 0.0582. The van der Waals surface area contributed by atoms with Crippen LogP contribution >= 0.6 is 0 Å². The normalized spacial score (nSPS) is 14.5. The summed E-state index contributed by atoms with van der Waals surface area (Å²) >= 11 is 0. The van der Waals surface area contributed by atoms with Gasteiger partial charge in [-0.05, 0) is 83.4 Å². The van der Waals surface area contributed by atoms with Crippen molar-refractivity contribution in [2.45, 2.75) is 157 Å². The zero-order valence-electron chi connectivity index (χ0n) is 34.4.